The highest BCUT2D eigenvalue weighted by molar-refractivity contribution is 14.1. The zero-order valence-electron chi connectivity index (χ0n) is 10.0. The molecule has 2 aliphatic rings. The summed E-state index contributed by atoms with van der Waals surface area (Å²) in [6.07, 6.45) is 6.02. The molecule has 0 radical (unpaired) electrons. The van der Waals surface area contributed by atoms with Crippen LogP contribution >= 0.6 is 22.6 Å². The van der Waals surface area contributed by atoms with E-state index in [0.29, 0.717) is 11.8 Å². The van der Waals surface area contributed by atoms with E-state index < -0.39 is 0 Å². The number of H-pyrrole nitrogens is 1. The molecule has 0 amide bonds. The van der Waals surface area contributed by atoms with Crippen LogP contribution in [0.3, 0.4) is 0 Å². The van der Waals surface area contributed by atoms with Crippen molar-refractivity contribution in [2.45, 2.75) is 50.9 Å². The van der Waals surface area contributed by atoms with Crippen molar-refractivity contribution < 1.29 is 0 Å². The van der Waals surface area contributed by atoms with E-state index in [1.165, 1.54) is 32.1 Å². The molecule has 2 aliphatic carbocycles. The number of rotatable bonds is 2. The zero-order chi connectivity index (χ0) is 12.0. The summed E-state index contributed by atoms with van der Waals surface area (Å²) in [6, 6.07) is 0. The Morgan fingerprint density at radius 3 is 2.53 bits per heavy atom. The van der Waals surface area contributed by atoms with Gasteiger partial charge in [-0.1, -0.05) is 6.92 Å². The molecule has 2 fully saturated rings. The zero-order valence-corrected chi connectivity index (χ0v) is 12.2. The Bertz CT molecular complexity index is 493. The summed E-state index contributed by atoms with van der Waals surface area (Å²) >= 11 is 2.14. The van der Waals surface area contributed by atoms with Crippen molar-refractivity contribution in [3.8, 4) is 0 Å². The van der Waals surface area contributed by atoms with Crippen molar-refractivity contribution in [2.24, 2.45) is 5.92 Å². The average Bonchev–Trinajstić information content (AvgIpc) is 3.05. The maximum Gasteiger partial charge on any atom is 0.264 e. The SMILES string of the molecule is CC1CCC(c2nc(C3CC3)c(I)c(=O)[nH]2)C1. The highest BCUT2D eigenvalue weighted by Crippen LogP contribution is 2.41. The number of hydrogen-bond acceptors (Lipinski definition) is 2. The second kappa shape index (κ2) is 4.37. The first-order valence-electron chi connectivity index (χ1n) is 6.44. The van der Waals surface area contributed by atoms with Gasteiger partial charge < -0.3 is 4.98 Å². The Kier molecular flexibility index (Phi) is 3.00. The van der Waals surface area contributed by atoms with Crippen molar-refractivity contribution in [1.29, 1.82) is 0 Å². The van der Waals surface area contributed by atoms with E-state index in [9.17, 15) is 4.79 Å². The molecule has 4 heteroatoms. The van der Waals surface area contributed by atoms with E-state index in [-0.39, 0.29) is 5.56 Å². The number of nitrogens with one attached hydrogen (secondary N) is 1. The second-order valence-corrected chi connectivity index (χ2v) is 6.62. The van der Waals surface area contributed by atoms with Gasteiger partial charge in [-0.3, -0.25) is 4.79 Å². The van der Waals surface area contributed by atoms with Crippen molar-refractivity contribution >= 4 is 22.6 Å². The summed E-state index contributed by atoms with van der Waals surface area (Å²) in [4.78, 5) is 19.7. The third-order valence-corrected chi connectivity index (χ3v) is 4.99. The molecule has 0 saturated heterocycles. The summed E-state index contributed by atoms with van der Waals surface area (Å²) in [5.41, 5.74) is 1.13. The fraction of sp³-hybridized carbons (Fsp3) is 0.692. The molecular formula is C13H17IN2O. The lowest BCUT2D eigenvalue weighted by Crippen LogP contribution is -2.19. The van der Waals surface area contributed by atoms with E-state index in [4.69, 9.17) is 4.98 Å². The van der Waals surface area contributed by atoms with Gasteiger partial charge >= 0.3 is 0 Å². The van der Waals surface area contributed by atoms with Gasteiger partial charge in [-0.05, 0) is 60.6 Å². The number of nitrogens with zero attached hydrogens (tertiary/aromatic N) is 1. The highest BCUT2D eigenvalue weighted by Gasteiger charge is 2.31. The van der Waals surface area contributed by atoms with Crippen LogP contribution in [0.15, 0.2) is 4.79 Å². The van der Waals surface area contributed by atoms with E-state index in [2.05, 4.69) is 34.5 Å². The molecule has 3 rings (SSSR count). The number of halogens is 1. The van der Waals surface area contributed by atoms with Gasteiger partial charge in [0.1, 0.15) is 5.82 Å². The van der Waals surface area contributed by atoms with Gasteiger partial charge in [-0.2, -0.15) is 0 Å². The minimum atomic E-state index is 0.0667. The molecule has 2 unspecified atom stereocenters. The highest BCUT2D eigenvalue weighted by atomic mass is 127. The molecule has 92 valence electrons. The molecule has 1 heterocycles. The van der Waals surface area contributed by atoms with E-state index in [1.54, 1.807) is 0 Å². The van der Waals surface area contributed by atoms with Crippen molar-refractivity contribution in [3.63, 3.8) is 0 Å². The number of aromatic nitrogens is 2. The Morgan fingerprint density at radius 1 is 1.24 bits per heavy atom. The predicted octanol–water partition coefficient (Wildman–Crippen LogP) is 3.16. The molecule has 0 spiro atoms. The molecule has 0 bridgehead atoms. The van der Waals surface area contributed by atoms with Gasteiger partial charge in [0.25, 0.3) is 5.56 Å². The van der Waals surface area contributed by atoms with Gasteiger partial charge in [0, 0.05) is 11.8 Å². The molecule has 1 aromatic rings. The number of aromatic amines is 1. The van der Waals surface area contributed by atoms with E-state index >= 15 is 0 Å². The van der Waals surface area contributed by atoms with Crippen LogP contribution in [0.25, 0.3) is 0 Å². The molecule has 0 aliphatic heterocycles. The monoisotopic (exact) mass is 344 g/mol. The molecule has 17 heavy (non-hydrogen) atoms. The Hall–Kier alpha value is -0.390. The maximum atomic E-state index is 11.9. The van der Waals surface area contributed by atoms with Gasteiger partial charge in [0.05, 0.1) is 9.26 Å². The first-order valence-corrected chi connectivity index (χ1v) is 7.52. The van der Waals surface area contributed by atoms with Crippen molar-refractivity contribution in [1.82, 2.24) is 9.97 Å². The van der Waals surface area contributed by atoms with Crippen LogP contribution in [0.5, 0.6) is 0 Å². The lowest BCUT2D eigenvalue weighted by molar-refractivity contribution is 0.582. The topological polar surface area (TPSA) is 45.8 Å². The maximum absolute atomic E-state index is 11.9. The van der Waals surface area contributed by atoms with Crippen LogP contribution in [0.4, 0.5) is 0 Å². The quantitative estimate of drug-likeness (QED) is 0.838. The molecule has 0 aromatic carbocycles. The van der Waals surface area contributed by atoms with E-state index in [1.807, 2.05) is 0 Å². The smallest absolute Gasteiger partial charge is 0.264 e. The first-order chi connectivity index (χ1) is 8.15. The Labute approximate surface area is 115 Å². The van der Waals surface area contributed by atoms with Crippen LogP contribution in [0.2, 0.25) is 0 Å². The van der Waals surface area contributed by atoms with Crippen LogP contribution in [-0.4, -0.2) is 9.97 Å². The lowest BCUT2D eigenvalue weighted by Gasteiger charge is -2.11. The normalized spacial score (nSPS) is 28.6. The Balaban J connectivity index is 1.97. The average molecular weight is 344 g/mol. The minimum absolute atomic E-state index is 0.0667. The summed E-state index contributed by atoms with van der Waals surface area (Å²) in [5, 5.41) is 0. The summed E-state index contributed by atoms with van der Waals surface area (Å²) in [6.45, 7) is 2.28. The fourth-order valence-electron chi connectivity index (χ4n) is 2.77. The van der Waals surface area contributed by atoms with E-state index in [0.717, 1.165) is 21.0 Å². The lowest BCUT2D eigenvalue weighted by atomic mass is 10.1. The molecular weight excluding hydrogens is 327 g/mol. The summed E-state index contributed by atoms with van der Waals surface area (Å²) < 4.78 is 0.805. The predicted molar refractivity (Wildman–Crippen MR) is 75.3 cm³/mol. The molecule has 2 saturated carbocycles. The van der Waals surface area contributed by atoms with Crippen molar-refractivity contribution in [3.05, 3.63) is 25.4 Å². The molecule has 1 N–H and O–H groups in total. The summed E-state index contributed by atoms with van der Waals surface area (Å²) in [7, 11) is 0. The standard InChI is InChI=1S/C13H17IN2O/c1-7-2-3-9(6-7)12-15-11(8-4-5-8)10(14)13(17)16-12/h7-9H,2-6H2,1H3,(H,15,16,17). The van der Waals surface area contributed by atoms with Crippen LogP contribution in [-0.2, 0) is 0 Å². The molecule has 3 nitrogen and oxygen atoms in total. The fourth-order valence-corrected chi connectivity index (χ4v) is 3.47. The van der Waals surface area contributed by atoms with Crippen LogP contribution in [0.1, 0.15) is 62.4 Å². The third kappa shape index (κ3) is 2.28. The third-order valence-electron chi connectivity index (χ3n) is 3.95. The van der Waals surface area contributed by atoms with Crippen LogP contribution < -0.4 is 5.56 Å². The first kappa shape index (κ1) is 11.7. The van der Waals surface area contributed by atoms with Crippen LogP contribution in [0, 0.1) is 9.49 Å². The van der Waals surface area contributed by atoms with Crippen molar-refractivity contribution in [2.75, 3.05) is 0 Å². The summed E-state index contributed by atoms with van der Waals surface area (Å²) in [5.74, 6) is 2.75. The van der Waals surface area contributed by atoms with Gasteiger partial charge in [-0.25, -0.2) is 4.98 Å². The molecule has 1 aromatic heterocycles. The minimum Gasteiger partial charge on any atom is -0.309 e. The second-order valence-electron chi connectivity index (χ2n) is 5.54. The molecule has 2 atom stereocenters. The van der Waals surface area contributed by atoms with Gasteiger partial charge in [0.2, 0.25) is 0 Å². The largest absolute Gasteiger partial charge is 0.309 e. The van der Waals surface area contributed by atoms with Gasteiger partial charge in [-0.15, -0.1) is 0 Å². The Morgan fingerprint density at radius 2 is 1.94 bits per heavy atom. The number of hydrogen-bond donors (Lipinski definition) is 1. The van der Waals surface area contributed by atoms with Gasteiger partial charge in [0.15, 0.2) is 0 Å².